The molecule has 0 aliphatic heterocycles. The number of thiazole rings is 1. The van der Waals surface area contributed by atoms with Crippen LogP contribution in [0.3, 0.4) is 0 Å². The number of hydrogen-bond donors (Lipinski definition) is 1. The number of benzene rings is 1. The molecule has 0 aliphatic rings. The third kappa shape index (κ3) is 4.15. The summed E-state index contributed by atoms with van der Waals surface area (Å²) in [6.07, 6.45) is 1.14. The molecule has 0 aliphatic carbocycles. The van der Waals surface area contributed by atoms with E-state index in [-0.39, 0.29) is 0 Å². The van der Waals surface area contributed by atoms with E-state index in [1.165, 1.54) is 11.1 Å². The van der Waals surface area contributed by atoms with E-state index in [2.05, 4.69) is 60.7 Å². The van der Waals surface area contributed by atoms with Crippen molar-refractivity contribution in [2.24, 2.45) is 5.92 Å². The molecule has 2 aromatic rings. The first-order valence-corrected chi connectivity index (χ1v) is 7.81. The van der Waals surface area contributed by atoms with Crippen LogP contribution >= 0.6 is 11.3 Å². The molecular weight excluding hydrogens is 252 g/mol. The molecule has 0 radical (unpaired) electrons. The normalized spacial score (nSPS) is 11.2. The van der Waals surface area contributed by atoms with Crippen LogP contribution in [0.5, 0.6) is 0 Å². The summed E-state index contributed by atoms with van der Waals surface area (Å²) < 4.78 is 0. The molecule has 19 heavy (non-hydrogen) atoms. The van der Waals surface area contributed by atoms with Crippen LogP contribution in [0.1, 0.15) is 32.0 Å². The summed E-state index contributed by atoms with van der Waals surface area (Å²) >= 11 is 1.72. The maximum Gasteiger partial charge on any atom is 0.123 e. The molecule has 0 amide bonds. The van der Waals surface area contributed by atoms with Crippen molar-refractivity contribution in [1.29, 1.82) is 0 Å². The lowest BCUT2D eigenvalue weighted by molar-refractivity contribution is 0.647. The van der Waals surface area contributed by atoms with Crippen LogP contribution in [-0.2, 0) is 13.0 Å². The van der Waals surface area contributed by atoms with Gasteiger partial charge in [0.25, 0.3) is 0 Å². The molecule has 2 nitrogen and oxygen atoms in total. The lowest BCUT2D eigenvalue weighted by Crippen LogP contribution is -2.11. The lowest BCUT2D eigenvalue weighted by atomic mass is 10.0. The Morgan fingerprint density at radius 1 is 1.21 bits per heavy atom. The van der Waals surface area contributed by atoms with Crippen molar-refractivity contribution in [2.45, 2.75) is 33.7 Å². The fourth-order valence-corrected chi connectivity index (χ4v) is 2.85. The maximum absolute atomic E-state index is 4.66. The fraction of sp³-hybridized carbons (Fsp3) is 0.438. The topological polar surface area (TPSA) is 24.9 Å². The first-order chi connectivity index (χ1) is 9.19. The van der Waals surface area contributed by atoms with Crippen LogP contribution in [0.2, 0.25) is 0 Å². The highest BCUT2D eigenvalue weighted by Crippen LogP contribution is 2.24. The third-order valence-corrected chi connectivity index (χ3v) is 3.89. The highest BCUT2D eigenvalue weighted by molar-refractivity contribution is 7.13. The SMILES string of the molecule is CCNCc1csc(-c2ccc(CC(C)C)cc2)n1. The molecule has 0 saturated heterocycles. The zero-order chi connectivity index (χ0) is 13.7. The minimum absolute atomic E-state index is 0.706. The molecule has 1 aromatic heterocycles. The molecule has 1 aromatic carbocycles. The minimum Gasteiger partial charge on any atom is -0.311 e. The number of nitrogens with zero attached hydrogens (tertiary/aromatic N) is 1. The van der Waals surface area contributed by atoms with Gasteiger partial charge in [0.2, 0.25) is 0 Å². The molecule has 3 heteroatoms. The van der Waals surface area contributed by atoms with Crippen molar-refractivity contribution >= 4 is 11.3 Å². The van der Waals surface area contributed by atoms with Crippen molar-refractivity contribution in [3.05, 3.63) is 40.9 Å². The number of nitrogens with one attached hydrogen (secondary N) is 1. The second-order valence-corrected chi connectivity index (χ2v) is 6.08. The summed E-state index contributed by atoms with van der Waals surface area (Å²) in [4.78, 5) is 4.66. The highest BCUT2D eigenvalue weighted by atomic mass is 32.1. The largest absolute Gasteiger partial charge is 0.311 e. The quantitative estimate of drug-likeness (QED) is 0.857. The van der Waals surface area contributed by atoms with Gasteiger partial charge in [0.1, 0.15) is 5.01 Å². The van der Waals surface area contributed by atoms with Crippen LogP contribution < -0.4 is 5.32 Å². The predicted molar refractivity (Wildman–Crippen MR) is 83.5 cm³/mol. The molecule has 0 bridgehead atoms. The standard InChI is InChI=1S/C16H22N2S/c1-4-17-10-15-11-19-16(18-15)14-7-5-13(6-8-14)9-12(2)3/h5-8,11-12,17H,4,9-10H2,1-3H3. The van der Waals surface area contributed by atoms with E-state index in [1.54, 1.807) is 11.3 Å². The van der Waals surface area contributed by atoms with Crippen molar-refractivity contribution in [3.63, 3.8) is 0 Å². The van der Waals surface area contributed by atoms with Crippen LogP contribution in [0.4, 0.5) is 0 Å². The van der Waals surface area contributed by atoms with E-state index in [9.17, 15) is 0 Å². The van der Waals surface area contributed by atoms with Gasteiger partial charge in [-0.1, -0.05) is 45.0 Å². The van der Waals surface area contributed by atoms with Gasteiger partial charge in [-0.05, 0) is 24.4 Å². The van der Waals surface area contributed by atoms with E-state index in [4.69, 9.17) is 0 Å². The predicted octanol–water partition coefficient (Wildman–Crippen LogP) is 4.12. The summed E-state index contributed by atoms with van der Waals surface area (Å²) in [5.41, 5.74) is 3.76. The molecular formula is C16H22N2S. The molecule has 1 heterocycles. The molecule has 0 atom stereocenters. The van der Waals surface area contributed by atoms with Gasteiger partial charge >= 0.3 is 0 Å². The number of aromatic nitrogens is 1. The second kappa shape index (κ2) is 6.83. The Bertz CT molecular complexity index is 500. The average molecular weight is 274 g/mol. The van der Waals surface area contributed by atoms with Crippen LogP contribution in [0, 0.1) is 5.92 Å². The zero-order valence-corrected chi connectivity index (χ0v) is 12.8. The van der Waals surface area contributed by atoms with E-state index >= 15 is 0 Å². The Labute approximate surface area is 119 Å². The molecule has 0 unspecified atom stereocenters. The summed E-state index contributed by atoms with van der Waals surface area (Å²) in [5, 5.41) is 6.56. The van der Waals surface area contributed by atoms with Crippen LogP contribution in [-0.4, -0.2) is 11.5 Å². The van der Waals surface area contributed by atoms with Gasteiger partial charge in [-0.25, -0.2) is 4.98 Å². The summed E-state index contributed by atoms with van der Waals surface area (Å²) in [5.74, 6) is 0.706. The number of rotatable bonds is 6. The van der Waals surface area contributed by atoms with Crippen LogP contribution in [0.25, 0.3) is 10.6 Å². The summed E-state index contributed by atoms with van der Waals surface area (Å²) in [6, 6.07) is 8.82. The second-order valence-electron chi connectivity index (χ2n) is 5.22. The molecule has 1 N–H and O–H groups in total. The van der Waals surface area contributed by atoms with Gasteiger partial charge in [0.05, 0.1) is 5.69 Å². The highest BCUT2D eigenvalue weighted by Gasteiger charge is 2.05. The zero-order valence-electron chi connectivity index (χ0n) is 11.9. The Morgan fingerprint density at radius 3 is 2.58 bits per heavy atom. The van der Waals surface area contributed by atoms with Gasteiger partial charge in [0, 0.05) is 17.5 Å². The van der Waals surface area contributed by atoms with E-state index in [0.717, 1.165) is 30.2 Å². The average Bonchev–Trinajstić information content (AvgIpc) is 2.85. The minimum atomic E-state index is 0.706. The van der Waals surface area contributed by atoms with Crippen molar-refractivity contribution in [1.82, 2.24) is 10.3 Å². The van der Waals surface area contributed by atoms with E-state index < -0.39 is 0 Å². The monoisotopic (exact) mass is 274 g/mol. The van der Waals surface area contributed by atoms with Gasteiger partial charge < -0.3 is 5.32 Å². The fourth-order valence-electron chi connectivity index (χ4n) is 2.03. The summed E-state index contributed by atoms with van der Waals surface area (Å²) in [6.45, 7) is 8.46. The molecule has 0 saturated carbocycles. The number of hydrogen-bond acceptors (Lipinski definition) is 3. The molecule has 0 spiro atoms. The first-order valence-electron chi connectivity index (χ1n) is 6.93. The first kappa shape index (κ1) is 14.2. The van der Waals surface area contributed by atoms with Gasteiger partial charge in [-0.2, -0.15) is 0 Å². The van der Waals surface area contributed by atoms with Gasteiger partial charge in [-0.3, -0.25) is 0 Å². The van der Waals surface area contributed by atoms with Crippen molar-refractivity contribution in [2.75, 3.05) is 6.54 Å². The molecule has 0 fully saturated rings. The van der Waals surface area contributed by atoms with Gasteiger partial charge in [0.15, 0.2) is 0 Å². The Hall–Kier alpha value is -1.19. The Kier molecular flexibility index (Phi) is 5.11. The lowest BCUT2D eigenvalue weighted by Gasteiger charge is -2.05. The molecule has 2 rings (SSSR count). The third-order valence-electron chi connectivity index (χ3n) is 2.95. The summed E-state index contributed by atoms with van der Waals surface area (Å²) in [7, 11) is 0. The Balaban J connectivity index is 2.07. The van der Waals surface area contributed by atoms with E-state index in [0.29, 0.717) is 5.92 Å². The maximum atomic E-state index is 4.66. The van der Waals surface area contributed by atoms with E-state index in [1.807, 2.05) is 0 Å². The van der Waals surface area contributed by atoms with Crippen LogP contribution in [0.15, 0.2) is 29.6 Å². The molecule has 102 valence electrons. The Morgan fingerprint density at radius 2 is 1.95 bits per heavy atom. The smallest absolute Gasteiger partial charge is 0.123 e. The van der Waals surface area contributed by atoms with Crippen molar-refractivity contribution < 1.29 is 0 Å². The van der Waals surface area contributed by atoms with Crippen molar-refractivity contribution in [3.8, 4) is 10.6 Å². The van der Waals surface area contributed by atoms with Gasteiger partial charge in [-0.15, -0.1) is 11.3 Å².